The van der Waals surface area contributed by atoms with E-state index in [0.29, 0.717) is 0 Å². The lowest BCUT2D eigenvalue weighted by molar-refractivity contribution is -0.147. The van der Waals surface area contributed by atoms with Gasteiger partial charge in [0.2, 0.25) is 17.7 Å². The third-order valence-corrected chi connectivity index (χ3v) is 4.35. The molecule has 0 fully saturated rings. The largest absolute Gasteiger partial charge is 0.481 e. The van der Waals surface area contributed by atoms with Crippen LogP contribution in [0.15, 0.2) is 0 Å². The second-order valence-electron chi connectivity index (χ2n) is 7.89. The van der Waals surface area contributed by atoms with Crippen molar-refractivity contribution in [2.75, 3.05) is 0 Å². The number of nitrogens with one attached hydrogen (secondary N) is 3. The van der Waals surface area contributed by atoms with Crippen LogP contribution in [0.1, 0.15) is 46.0 Å². The minimum absolute atomic E-state index is 0.0181. The van der Waals surface area contributed by atoms with Gasteiger partial charge in [0.1, 0.15) is 18.1 Å². The van der Waals surface area contributed by atoms with Gasteiger partial charge in [-0.2, -0.15) is 0 Å². The van der Waals surface area contributed by atoms with E-state index < -0.39 is 91.4 Å². The monoisotopic (exact) mass is 490 g/mol. The molecular weight excluding hydrogens is 460 g/mol. The first-order valence-electron chi connectivity index (χ1n) is 10.2. The van der Waals surface area contributed by atoms with Crippen molar-refractivity contribution >= 4 is 41.6 Å². The fourth-order valence-electron chi connectivity index (χ4n) is 2.73. The van der Waals surface area contributed by atoms with E-state index in [1.807, 2.05) is 5.32 Å². The quantitative estimate of drug-likeness (QED) is 0.114. The summed E-state index contributed by atoms with van der Waals surface area (Å²) in [6.07, 6.45) is -2.84. The van der Waals surface area contributed by atoms with Crippen LogP contribution in [0, 0.1) is 5.92 Å². The zero-order chi connectivity index (χ0) is 26.6. The Morgan fingerprint density at radius 1 is 0.676 bits per heavy atom. The third-order valence-electron chi connectivity index (χ3n) is 4.35. The molecule has 0 saturated carbocycles. The Labute approximate surface area is 194 Å². The van der Waals surface area contributed by atoms with Crippen molar-refractivity contribution in [2.45, 2.75) is 70.1 Å². The molecule has 34 heavy (non-hydrogen) atoms. The highest BCUT2D eigenvalue weighted by molar-refractivity contribution is 5.96. The van der Waals surface area contributed by atoms with Crippen molar-refractivity contribution in [1.82, 2.24) is 16.0 Å². The minimum atomic E-state index is -1.88. The third kappa shape index (κ3) is 12.3. The fraction of sp³-hybridized carbons (Fsp3) is 0.632. The Balaban J connectivity index is 5.61. The highest BCUT2D eigenvalue weighted by atomic mass is 16.4. The van der Waals surface area contributed by atoms with Gasteiger partial charge >= 0.3 is 23.9 Å². The van der Waals surface area contributed by atoms with Gasteiger partial charge in [-0.25, -0.2) is 4.79 Å². The predicted molar refractivity (Wildman–Crippen MR) is 112 cm³/mol. The van der Waals surface area contributed by atoms with Crippen LogP contribution in [0.4, 0.5) is 0 Å². The molecule has 0 bridgehead atoms. The molecule has 15 heteroatoms. The van der Waals surface area contributed by atoms with Crippen LogP contribution in [-0.2, 0) is 33.6 Å². The van der Waals surface area contributed by atoms with Gasteiger partial charge in [0, 0.05) is 6.42 Å². The number of rotatable bonds is 16. The van der Waals surface area contributed by atoms with E-state index in [0.717, 1.165) is 0 Å². The van der Waals surface area contributed by atoms with Gasteiger partial charge < -0.3 is 42.1 Å². The highest BCUT2D eigenvalue weighted by Gasteiger charge is 2.32. The molecule has 0 aromatic carbocycles. The Morgan fingerprint density at radius 2 is 1.12 bits per heavy atom. The molecule has 4 unspecified atom stereocenters. The first-order valence-corrected chi connectivity index (χ1v) is 10.2. The van der Waals surface area contributed by atoms with E-state index in [2.05, 4.69) is 10.6 Å². The number of carbonyl (C=O) groups is 7. The van der Waals surface area contributed by atoms with Crippen LogP contribution >= 0.6 is 0 Å². The molecule has 0 heterocycles. The molecule has 9 N–H and O–H groups in total. The Bertz CT molecular complexity index is 799. The second-order valence-corrected chi connectivity index (χ2v) is 7.89. The minimum Gasteiger partial charge on any atom is -0.481 e. The van der Waals surface area contributed by atoms with Crippen molar-refractivity contribution in [2.24, 2.45) is 11.7 Å². The van der Waals surface area contributed by atoms with Crippen LogP contribution in [0.3, 0.4) is 0 Å². The van der Waals surface area contributed by atoms with Crippen LogP contribution in [0.2, 0.25) is 0 Å². The SMILES string of the molecule is CC(C)CC(N)C(=O)NC(CC(=O)O)C(=O)NC(CCC(=O)O)C(=O)NC(CC(=O)O)C(=O)O. The first-order chi connectivity index (χ1) is 15.6. The molecule has 0 aromatic heterocycles. The summed E-state index contributed by atoms with van der Waals surface area (Å²) in [6.45, 7) is 3.57. The summed E-state index contributed by atoms with van der Waals surface area (Å²) in [5.74, 6) is -9.24. The van der Waals surface area contributed by atoms with E-state index in [1.165, 1.54) is 0 Å². The molecule has 0 radical (unpaired) electrons. The van der Waals surface area contributed by atoms with Crippen LogP contribution < -0.4 is 21.7 Å². The average Bonchev–Trinajstić information content (AvgIpc) is 2.68. The topological polar surface area (TPSA) is 263 Å². The smallest absolute Gasteiger partial charge is 0.326 e. The molecule has 15 nitrogen and oxygen atoms in total. The molecule has 0 spiro atoms. The Kier molecular flexibility index (Phi) is 12.8. The van der Waals surface area contributed by atoms with Gasteiger partial charge in [0.15, 0.2) is 0 Å². The van der Waals surface area contributed by atoms with Gasteiger partial charge in [-0.15, -0.1) is 0 Å². The number of carboxylic acid groups (broad SMARTS) is 4. The maximum atomic E-state index is 12.6. The summed E-state index contributed by atoms with van der Waals surface area (Å²) >= 11 is 0. The van der Waals surface area contributed by atoms with E-state index in [1.54, 1.807) is 13.8 Å². The van der Waals surface area contributed by atoms with Crippen LogP contribution in [0.5, 0.6) is 0 Å². The van der Waals surface area contributed by atoms with Crippen LogP contribution in [-0.4, -0.2) is 86.2 Å². The number of carbonyl (C=O) groups excluding carboxylic acids is 3. The molecule has 0 rings (SSSR count). The number of hydrogen-bond acceptors (Lipinski definition) is 8. The summed E-state index contributed by atoms with van der Waals surface area (Å²) < 4.78 is 0. The van der Waals surface area contributed by atoms with Crippen molar-refractivity contribution in [1.29, 1.82) is 0 Å². The van der Waals surface area contributed by atoms with Crippen molar-refractivity contribution < 1.29 is 54.0 Å². The second kappa shape index (κ2) is 14.4. The molecule has 0 aromatic rings. The highest BCUT2D eigenvalue weighted by Crippen LogP contribution is 2.06. The number of nitrogens with two attached hydrogens (primary N) is 1. The van der Waals surface area contributed by atoms with Crippen LogP contribution in [0.25, 0.3) is 0 Å². The van der Waals surface area contributed by atoms with E-state index >= 15 is 0 Å². The van der Waals surface area contributed by atoms with Gasteiger partial charge in [0.05, 0.1) is 18.9 Å². The summed E-state index contributed by atoms with van der Waals surface area (Å²) in [7, 11) is 0. The zero-order valence-corrected chi connectivity index (χ0v) is 18.6. The number of aliphatic carboxylic acids is 4. The van der Waals surface area contributed by atoms with Gasteiger partial charge in [-0.3, -0.25) is 28.8 Å². The standard InChI is InChI=1S/C19H30N4O11/c1-8(2)5-9(20)16(30)22-11(6-14(26)27)18(32)21-10(3-4-13(24)25)17(31)23-12(19(33)34)7-15(28)29/h8-12H,3-7,20H2,1-2H3,(H,21,32)(H,22,30)(H,23,31)(H,24,25)(H,26,27)(H,28,29)(H,33,34). The molecular formula is C19H30N4O11. The number of carboxylic acids is 4. The van der Waals surface area contributed by atoms with E-state index in [-0.39, 0.29) is 12.3 Å². The van der Waals surface area contributed by atoms with E-state index in [4.69, 9.17) is 26.2 Å². The Morgan fingerprint density at radius 3 is 1.56 bits per heavy atom. The van der Waals surface area contributed by atoms with Gasteiger partial charge in [0.25, 0.3) is 0 Å². The Hall–Kier alpha value is -3.75. The summed E-state index contributed by atoms with van der Waals surface area (Å²) in [5.41, 5.74) is 5.73. The normalized spacial score (nSPS) is 14.2. The summed E-state index contributed by atoms with van der Waals surface area (Å²) in [4.78, 5) is 81.4. The van der Waals surface area contributed by atoms with Crippen molar-refractivity contribution in [3.63, 3.8) is 0 Å². The van der Waals surface area contributed by atoms with E-state index in [9.17, 15) is 33.6 Å². The van der Waals surface area contributed by atoms with Gasteiger partial charge in [-0.05, 0) is 18.8 Å². The van der Waals surface area contributed by atoms with Gasteiger partial charge in [-0.1, -0.05) is 13.8 Å². The lowest BCUT2D eigenvalue weighted by atomic mass is 10.0. The zero-order valence-electron chi connectivity index (χ0n) is 18.6. The molecule has 4 atom stereocenters. The van der Waals surface area contributed by atoms with Crippen molar-refractivity contribution in [3.8, 4) is 0 Å². The fourth-order valence-corrected chi connectivity index (χ4v) is 2.73. The molecule has 0 aliphatic rings. The summed E-state index contributed by atoms with van der Waals surface area (Å²) in [6, 6.07) is -6.28. The molecule has 0 aliphatic carbocycles. The molecule has 3 amide bonds. The number of amides is 3. The average molecular weight is 490 g/mol. The molecule has 192 valence electrons. The first kappa shape index (κ1) is 30.2. The predicted octanol–water partition coefficient (Wildman–Crippen LogP) is -2.29. The number of hydrogen-bond donors (Lipinski definition) is 8. The molecule has 0 saturated heterocycles. The van der Waals surface area contributed by atoms with Crippen molar-refractivity contribution in [3.05, 3.63) is 0 Å². The summed E-state index contributed by atoms with van der Waals surface area (Å²) in [5, 5.41) is 41.9. The molecule has 0 aliphatic heterocycles. The lowest BCUT2D eigenvalue weighted by Gasteiger charge is -2.24. The maximum Gasteiger partial charge on any atom is 0.326 e. The maximum absolute atomic E-state index is 12.6. The lowest BCUT2D eigenvalue weighted by Crippen LogP contribution is -2.57.